The first-order valence-electron chi connectivity index (χ1n) is 14.3. The Kier molecular flexibility index (Phi) is 8.41. The molecule has 0 bridgehead atoms. The minimum atomic E-state index is -0.132. The summed E-state index contributed by atoms with van der Waals surface area (Å²) in [7, 11) is 3.36. The zero-order valence-corrected chi connectivity index (χ0v) is 24.8. The van der Waals surface area contributed by atoms with Gasteiger partial charge in [-0.3, -0.25) is 4.79 Å². The van der Waals surface area contributed by atoms with Crippen LogP contribution in [0.4, 0.5) is 5.69 Å². The van der Waals surface area contributed by atoms with Crippen molar-refractivity contribution in [2.45, 2.75) is 52.6 Å². The van der Waals surface area contributed by atoms with Gasteiger partial charge in [-0.1, -0.05) is 68.4 Å². The number of fused-ring (bicyclic) bond motifs is 2. The van der Waals surface area contributed by atoms with Gasteiger partial charge in [0, 0.05) is 13.0 Å². The Morgan fingerprint density at radius 3 is 2.46 bits per heavy atom. The third-order valence-corrected chi connectivity index (χ3v) is 8.00. The second-order valence-electron chi connectivity index (χ2n) is 10.7. The first-order chi connectivity index (χ1) is 19.9. The number of aryl methyl sites for hydroxylation is 2. The summed E-state index contributed by atoms with van der Waals surface area (Å²) in [4.78, 5) is 21.3. The molecule has 1 amide bonds. The number of carbonyl (C=O) groups is 1. The Bertz CT molecular complexity index is 1690. The molecule has 0 saturated carbocycles. The molecule has 0 aliphatic carbocycles. The van der Waals surface area contributed by atoms with Crippen LogP contribution >= 0.6 is 0 Å². The van der Waals surface area contributed by atoms with Crippen LogP contribution in [-0.4, -0.2) is 42.3 Å². The molecule has 2 unspecified atom stereocenters. The highest BCUT2D eigenvalue weighted by Gasteiger charge is 2.28. The summed E-state index contributed by atoms with van der Waals surface area (Å²) in [6.45, 7) is 9.03. The first-order valence-corrected chi connectivity index (χ1v) is 14.3. The Hall–Kier alpha value is -4.16. The van der Waals surface area contributed by atoms with Crippen molar-refractivity contribution in [2.24, 2.45) is 0 Å². The number of carbonyl (C=O) groups excluding carboxylic acids is 1. The number of methoxy groups -OCH3 is 2. The average Bonchev–Trinajstić information content (AvgIpc) is 3.35. The number of hydrogen-bond donors (Lipinski definition) is 0. The van der Waals surface area contributed by atoms with Gasteiger partial charge in [0.05, 0.1) is 36.5 Å². The lowest BCUT2D eigenvalue weighted by Gasteiger charge is -2.32. The molecule has 5 aromatic rings. The Morgan fingerprint density at radius 1 is 0.951 bits per heavy atom. The second kappa shape index (κ2) is 12.1. The highest BCUT2D eigenvalue weighted by Crippen LogP contribution is 2.32. The monoisotopic (exact) mass is 549 g/mol. The first kappa shape index (κ1) is 28.4. The Balaban J connectivity index is 1.57. The van der Waals surface area contributed by atoms with Crippen LogP contribution in [0.5, 0.6) is 5.75 Å². The molecule has 212 valence electrons. The summed E-state index contributed by atoms with van der Waals surface area (Å²) in [6.07, 6.45) is 0.838. The number of imidazole rings is 1. The van der Waals surface area contributed by atoms with Gasteiger partial charge >= 0.3 is 0 Å². The van der Waals surface area contributed by atoms with Gasteiger partial charge in [0.2, 0.25) is 5.91 Å². The topological polar surface area (TPSA) is 56.6 Å². The van der Waals surface area contributed by atoms with Crippen LogP contribution < -0.4 is 9.64 Å². The number of nitrogens with zero attached hydrogens (tertiary/aromatic N) is 3. The van der Waals surface area contributed by atoms with Crippen molar-refractivity contribution in [1.82, 2.24) is 9.55 Å². The lowest BCUT2D eigenvalue weighted by atomic mass is 9.97. The zero-order valence-electron chi connectivity index (χ0n) is 24.8. The third kappa shape index (κ3) is 5.57. The molecule has 0 N–H and O–H groups in total. The molecule has 41 heavy (non-hydrogen) atoms. The van der Waals surface area contributed by atoms with Gasteiger partial charge < -0.3 is 18.9 Å². The van der Waals surface area contributed by atoms with Crippen LogP contribution in [0.3, 0.4) is 0 Å². The molecule has 5 rings (SSSR count). The molecular formula is C35H39N3O3. The van der Waals surface area contributed by atoms with Crippen LogP contribution in [0, 0.1) is 6.92 Å². The molecule has 0 radical (unpaired) electrons. The van der Waals surface area contributed by atoms with Crippen LogP contribution in [-0.2, 0) is 22.5 Å². The van der Waals surface area contributed by atoms with E-state index < -0.39 is 0 Å². The van der Waals surface area contributed by atoms with Crippen LogP contribution in [0.25, 0.3) is 21.8 Å². The molecular weight excluding hydrogens is 510 g/mol. The largest absolute Gasteiger partial charge is 0.497 e. The molecule has 0 aliphatic heterocycles. The molecule has 1 aromatic heterocycles. The van der Waals surface area contributed by atoms with Crippen LogP contribution in [0.1, 0.15) is 49.2 Å². The fraction of sp³-hybridized carbons (Fsp3) is 0.314. The predicted molar refractivity (Wildman–Crippen MR) is 167 cm³/mol. The lowest BCUT2D eigenvalue weighted by molar-refractivity contribution is -0.119. The number of aromatic nitrogens is 2. The predicted octanol–water partition coefficient (Wildman–Crippen LogP) is 7.29. The molecule has 1 heterocycles. The van der Waals surface area contributed by atoms with E-state index in [1.807, 2.05) is 48.2 Å². The van der Waals surface area contributed by atoms with Crippen molar-refractivity contribution in [1.29, 1.82) is 0 Å². The lowest BCUT2D eigenvalue weighted by Crippen LogP contribution is -2.44. The molecule has 0 aliphatic rings. The molecule has 0 saturated heterocycles. The van der Waals surface area contributed by atoms with Gasteiger partial charge in [0.15, 0.2) is 0 Å². The summed E-state index contributed by atoms with van der Waals surface area (Å²) >= 11 is 0. The van der Waals surface area contributed by atoms with E-state index in [0.717, 1.165) is 62.2 Å². The van der Waals surface area contributed by atoms with E-state index in [1.165, 1.54) is 0 Å². The molecule has 0 spiro atoms. The van der Waals surface area contributed by atoms with Crippen molar-refractivity contribution >= 4 is 33.4 Å². The maximum absolute atomic E-state index is 14.3. The van der Waals surface area contributed by atoms with Gasteiger partial charge in [-0.2, -0.15) is 0 Å². The maximum Gasteiger partial charge on any atom is 0.247 e. The van der Waals surface area contributed by atoms with Gasteiger partial charge in [-0.15, -0.1) is 0 Å². The minimum absolute atomic E-state index is 0.0146. The second-order valence-corrected chi connectivity index (χ2v) is 10.7. The number of amides is 1. The fourth-order valence-electron chi connectivity index (χ4n) is 5.85. The Labute approximate surface area is 242 Å². The maximum atomic E-state index is 14.3. The molecule has 6 heteroatoms. The zero-order chi connectivity index (χ0) is 29.1. The summed E-state index contributed by atoms with van der Waals surface area (Å²) < 4.78 is 13.0. The van der Waals surface area contributed by atoms with Gasteiger partial charge in [0.1, 0.15) is 18.1 Å². The van der Waals surface area contributed by atoms with Crippen molar-refractivity contribution in [3.8, 4) is 5.75 Å². The summed E-state index contributed by atoms with van der Waals surface area (Å²) in [5, 5.41) is 2.26. The number of benzene rings is 4. The average molecular weight is 550 g/mol. The number of anilines is 1. The number of rotatable bonds is 10. The minimum Gasteiger partial charge on any atom is -0.497 e. The van der Waals surface area contributed by atoms with Crippen molar-refractivity contribution in [3.63, 3.8) is 0 Å². The highest BCUT2D eigenvalue weighted by molar-refractivity contribution is 5.96. The van der Waals surface area contributed by atoms with Crippen LogP contribution in [0.15, 0.2) is 78.9 Å². The molecule has 0 fully saturated rings. The Morgan fingerprint density at radius 2 is 1.71 bits per heavy atom. The van der Waals surface area contributed by atoms with Crippen molar-refractivity contribution < 1.29 is 14.3 Å². The normalized spacial score (nSPS) is 12.9. The summed E-state index contributed by atoms with van der Waals surface area (Å²) in [5.41, 5.74) is 6.19. The number of hydrogen-bond acceptors (Lipinski definition) is 4. The van der Waals surface area contributed by atoms with E-state index in [0.29, 0.717) is 6.61 Å². The van der Waals surface area contributed by atoms with Gasteiger partial charge in [-0.05, 0) is 72.0 Å². The van der Waals surface area contributed by atoms with E-state index in [9.17, 15) is 4.79 Å². The van der Waals surface area contributed by atoms with E-state index in [4.69, 9.17) is 14.5 Å². The molecule has 2 atom stereocenters. The van der Waals surface area contributed by atoms with Gasteiger partial charge in [-0.25, -0.2) is 4.98 Å². The van der Waals surface area contributed by atoms with E-state index in [1.54, 1.807) is 14.2 Å². The highest BCUT2D eigenvalue weighted by atomic mass is 16.5. The van der Waals surface area contributed by atoms with E-state index in [2.05, 4.69) is 67.8 Å². The SMILES string of the molecule is CCc1cccc(C)c1N(C(=O)Cn1c(C(C)c2ccc3cc(OC)ccc3c2)nc2ccccc21)C(C)COC. The standard InChI is InChI=1S/C35H39N3O3/c1-7-26-12-10-11-23(2)34(26)38(24(3)22-40-5)33(39)21-37-32-14-9-8-13-31(32)36-35(37)25(4)27-15-16-29-20-30(41-6)18-17-28(29)19-27/h8-20,24-25H,7,21-22H2,1-6H3. The van der Waals surface area contributed by atoms with E-state index >= 15 is 0 Å². The van der Waals surface area contributed by atoms with Crippen LogP contribution in [0.2, 0.25) is 0 Å². The number of ether oxygens (including phenoxy) is 2. The van der Waals surface area contributed by atoms with Crippen molar-refractivity contribution in [3.05, 3.63) is 101 Å². The third-order valence-electron chi connectivity index (χ3n) is 8.00. The molecule has 6 nitrogen and oxygen atoms in total. The number of para-hydroxylation sites is 3. The quantitative estimate of drug-likeness (QED) is 0.184. The van der Waals surface area contributed by atoms with E-state index in [-0.39, 0.29) is 24.4 Å². The van der Waals surface area contributed by atoms with Gasteiger partial charge in [0.25, 0.3) is 0 Å². The summed E-state index contributed by atoms with van der Waals surface area (Å²) in [5.74, 6) is 1.69. The molecule has 4 aromatic carbocycles. The fourth-order valence-corrected chi connectivity index (χ4v) is 5.85. The summed E-state index contributed by atoms with van der Waals surface area (Å²) in [6, 6.07) is 26.8. The smallest absolute Gasteiger partial charge is 0.247 e. The van der Waals surface area contributed by atoms with Crippen molar-refractivity contribution in [2.75, 3.05) is 25.7 Å².